The van der Waals surface area contributed by atoms with Crippen molar-refractivity contribution in [1.29, 1.82) is 10.5 Å². The van der Waals surface area contributed by atoms with E-state index >= 15 is 0 Å². The van der Waals surface area contributed by atoms with Crippen molar-refractivity contribution in [2.75, 3.05) is 10.7 Å². The van der Waals surface area contributed by atoms with Gasteiger partial charge in [0.05, 0.1) is 11.3 Å². The Morgan fingerprint density at radius 3 is 2.59 bits per heavy atom. The number of aromatic nitrogens is 1. The average Bonchev–Trinajstić information content (AvgIpc) is 2.57. The van der Waals surface area contributed by atoms with Crippen LogP contribution in [0.1, 0.15) is 10.4 Å². The van der Waals surface area contributed by atoms with Gasteiger partial charge in [0.2, 0.25) is 5.71 Å². The zero-order chi connectivity index (χ0) is 15.8. The molecule has 2 rings (SSSR count). The molecule has 7 heteroatoms. The maximum atomic E-state index is 12.0. The number of carbonyl (C=O) groups excluding carboxylic acids is 1. The number of hydrazone groups is 1. The monoisotopic (exact) mass is 290 g/mol. The smallest absolute Gasteiger partial charge is 0.257 e. The minimum Gasteiger partial charge on any atom is -0.322 e. The molecule has 1 aromatic carbocycles. The molecule has 1 aromatic heterocycles. The third-order valence-electron chi connectivity index (χ3n) is 2.55. The van der Waals surface area contributed by atoms with E-state index in [0.29, 0.717) is 16.9 Å². The summed E-state index contributed by atoms with van der Waals surface area (Å²) in [5, 5.41) is 23.5. The lowest BCUT2D eigenvalue weighted by molar-refractivity contribution is 0.102. The third kappa shape index (κ3) is 3.89. The number of rotatable bonds is 4. The Hall–Kier alpha value is -3.71. The minimum absolute atomic E-state index is 0.287. The Balaban J connectivity index is 2.10. The van der Waals surface area contributed by atoms with Gasteiger partial charge in [-0.3, -0.25) is 15.2 Å². The second-order valence-corrected chi connectivity index (χ2v) is 4.07. The van der Waals surface area contributed by atoms with E-state index in [1.54, 1.807) is 54.7 Å². The second kappa shape index (κ2) is 7.17. The van der Waals surface area contributed by atoms with Gasteiger partial charge in [0.1, 0.15) is 12.1 Å². The predicted molar refractivity (Wildman–Crippen MR) is 80.9 cm³/mol. The van der Waals surface area contributed by atoms with Crippen molar-refractivity contribution in [3.63, 3.8) is 0 Å². The van der Waals surface area contributed by atoms with Crippen LogP contribution in [0.2, 0.25) is 0 Å². The van der Waals surface area contributed by atoms with Crippen LogP contribution in [0.25, 0.3) is 0 Å². The molecule has 2 N–H and O–H groups in total. The number of hydrogen-bond acceptors (Lipinski definition) is 6. The van der Waals surface area contributed by atoms with Crippen LogP contribution in [-0.2, 0) is 0 Å². The van der Waals surface area contributed by atoms with Crippen molar-refractivity contribution < 1.29 is 4.79 Å². The van der Waals surface area contributed by atoms with Crippen LogP contribution in [-0.4, -0.2) is 16.6 Å². The van der Waals surface area contributed by atoms with E-state index in [2.05, 4.69) is 20.8 Å². The van der Waals surface area contributed by atoms with E-state index in [1.807, 2.05) is 0 Å². The molecule has 0 radical (unpaired) electrons. The molecule has 0 bridgehead atoms. The van der Waals surface area contributed by atoms with Gasteiger partial charge in [0.15, 0.2) is 0 Å². The molecule has 0 fully saturated rings. The minimum atomic E-state index is -0.288. The van der Waals surface area contributed by atoms with Crippen LogP contribution in [0, 0.1) is 22.7 Å². The van der Waals surface area contributed by atoms with Gasteiger partial charge >= 0.3 is 0 Å². The number of pyridine rings is 1. The maximum Gasteiger partial charge on any atom is 0.257 e. The van der Waals surface area contributed by atoms with Gasteiger partial charge in [-0.05, 0) is 30.3 Å². The molecule has 1 heterocycles. The summed E-state index contributed by atoms with van der Waals surface area (Å²) in [4.78, 5) is 15.9. The second-order valence-electron chi connectivity index (χ2n) is 4.07. The first kappa shape index (κ1) is 14.7. The van der Waals surface area contributed by atoms with E-state index in [0.717, 1.165) is 0 Å². The predicted octanol–water partition coefficient (Wildman–Crippen LogP) is 2.15. The van der Waals surface area contributed by atoms with Gasteiger partial charge in [0, 0.05) is 18.1 Å². The highest BCUT2D eigenvalue weighted by molar-refractivity contribution is 6.10. The first-order chi connectivity index (χ1) is 10.7. The van der Waals surface area contributed by atoms with E-state index in [4.69, 9.17) is 10.5 Å². The fourth-order valence-corrected chi connectivity index (χ4v) is 1.56. The molecule has 106 valence electrons. The first-order valence-electron chi connectivity index (χ1n) is 6.18. The molecule has 2 aromatic rings. The maximum absolute atomic E-state index is 12.0. The lowest BCUT2D eigenvalue weighted by Gasteiger charge is -2.07. The van der Waals surface area contributed by atoms with Gasteiger partial charge in [-0.1, -0.05) is 6.07 Å². The van der Waals surface area contributed by atoms with E-state index in [-0.39, 0.29) is 11.6 Å². The number of nitrogens with one attached hydrogen (secondary N) is 2. The fourth-order valence-electron chi connectivity index (χ4n) is 1.56. The van der Waals surface area contributed by atoms with Gasteiger partial charge in [-0.2, -0.15) is 15.6 Å². The standard InChI is InChI=1S/C15H10N6O/c16-8-14(9-17)21-20-13-5-1-4-12(7-13)19-15(22)11-3-2-6-18-10-11/h1-7,10,20H,(H,19,22). The van der Waals surface area contributed by atoms with Crippen LogP contribution in [0.3, 0.4) is 0 Å². The Morgan fingerprint density at radius 2 is 1.91 bits per heavy atom. The van der Waals surface area contributed by atoms with Crippen molar-refractivity contribution >= 4 is 23.0 Å². The molecule has 0 atom stereocenters. The van der Waals surface area contributed by atoms with Crippen LogP contribution in [0.15, 0.2) is 53.9 Å². The summed E-state index contributed by atoms with van der Waals surface area (Å²) in [7, 11) is 0. The fraction of sp³-hybridized carbons (Fsp3) is 0. The lowest BCUT2D eigenvalue weighted by Crippen LogP contribution is -2.12. The van der Waals surface area contributed by atoms with Crippen molar-refractivity contribution in [1.82, 2.24) is 4.98 Å². The number of nitrogens with zero attached hydrogens (tertiary/aromatic N) is 4. The van der Waals surface area contributed by atoms with Crippen LogP contribution in [0.4, 0.5) is 11.4 Å². The number of amides is 1. The summed E-state index contributed by atoms with van der Waals surface area (Å²) in [6, 6.07) is 13.3. The Morgan fingerprint density at radius 1 is 1.14 bits per heavy atom. The topological polar surface area (TPSA) is 114 Å². The van der Waals surface area contributed by atoms with Crippen LogP contribution >= 0.6 is 0 Å². The molecule has 0 saturated carbocycles. The summed E-state index contributed by atoms with van der Waals surface area (Å²) < 4.78 is 0. The summed E-state index contributed by atoms with van der Waals surface area (Å²) >= 11 is 0. The number of nitriles is 2. The number of anilines is 2. The van der Waals surface area contributed by atoms with E-state index in [9.17, 15) is 4.79 Å². The summed E-state index contributed by atoms with van der Waals surface area (Å²) in [5.74, 6) is -0.288. The van der Waals surface area contributed by atoms with E-state index in [1.165, 1.54) is 6.20 Å². The highest BCUT2D eigenvalue weighted by Crippen LogP contribution is 2.16. The molecule has 0 spiro atoms. The zero-order valence-corrected chi connectivity index (χ0v) is 11.3. The molecule has 1 amide bonds. The Kier molecular flexibility index (Phi) is 4.79. The van der Waals surface area contributed by atoms with E-state index < -0.39 is 0 Å². The SMILES string of the molecule is N#CC(C#N)=NNc1cccc(NC(=O)c2cccnc2)c1. The third-order valence-corrected chi connectivity index (χ3v) is 2.55. The number of hydrogen-bond donors (Lipinski definition) is 2. The molecule has 0 aliphatic rings. The van der Waals surface area contributed by atoms with Crippen LogP contribution in [0.5, 0.6) is 0 Å². The van der Waals surface area contributed by atoms with Crippen molar-refractivity contribution in [3.05, 3.63) is 54.4 Å². The normalized spacial score (nSPS) is 9.00. The molecule has 7 nitrogen and oxygen atoms in total. The van der Waals surface area contributed by atoms with Crippen molar-refractivity contribution in [2.24, 2.45) is 5.10 Å². The van der Waals surface area contributed by atoms with Gasteiger partial charge < -0.3 is 5.32 Å². The lowest BCUT2D eigenvalue weighted by atomic mass is 10.2. The molecule has 0 aliphatic carbocycles. The molecule has 0 unspecified atom stereocenters. The Labute approximate surface area is 126 Å². The summed E-state index contributed by atoms with van der Waals surface area (Å²) in [6.45, 7) is 0. The molecule has 22 heavy (non-hydrogen) atoms. The van der Waals surface area contributed by atoms with Gasteiger partial charge in [0.25, 0.3) is 5.91 Å². The molecule has 0 aliphatic heterocycles. The first-order valence-corrected chi connectivity index (χ1v) is 6.18. The highest BCUT2D eigenvalue weighted by Gasteiger charge is 2.06. The van der Waals surface area contributed by atoms with Crippen LogP contribution < -0.4 is 10.7 Å². The summed E-state index contributed by atoms with van der Waals surface area (Å²) in [5.41, 5.74) is 3.81. The van der Waals surface area contributed by atoms with Gasteiger partial charge in [-0.25, -0.2) is 0 Å². The van der Waals surface area contributed by atoms with Crippen molar-refractivity contribution in [2.45, 2.75) is 0 Å². The van der Waals surface area contributed by atoms with Crippen molar-refractivity contribution in [3.8, 4) is 12.1 Å². The summed E-state index contributed by atoms with van der Waals surface area (Å²) in [6.07, 6.45) is 3.05. The molecular weight excluding hydrogens is 280 g/mol. The Bertz CT molecular complexity index is 770. The molecular formula is C15H10N6O. The quantitative estimate of drug-likeness (QED) is 0.661. The number of carbonyl (C=O) groups is 1. The van der Waals surface area contributed by atoms with Gasteiger partial charge in [-0.15, -0.1) is 0 Å². The largest absolute Gasteiger partial charge is 0.322 e. The highest BCUT2D eigenvalue weighted by atomic mass is 16.1. The molecule has 0 saturated heterocycles. The average molecular weight is 290 g/mol. The zero-order valence-electron chi connectivity index (χ0n) is 11.3. The number of benzene rings is 1.